The van der Waals surface area contributed by atoms with Gasteiger partial charge in [0.15, 0.2) is 17.2 Å². The summed E-state index contributed by atoms with van der Waals surface area (Å²) in [7, 11) is 0. The zero-order valence-corrected chi connectivity index (χ0v) is 12.4. The van der Waals surface area contributed by atoms with Crippen LogP contribution in [0.5, 0.6) is 17.2 Å². The Balaban J connectivity index is 1.82. The van der Waals surface area contributed by atoms with Crippen LogP contribution in [-0.2, 0) is 0 Å². The maximum Gasteiger partial charge on any atom is 0.257 e. The van der Waals surface area contributed by atoms with E-state index >= 15 is 0 Å². The first-order chi connectivity index (χ1) is 11.0. The fourth-order valence-corrected chi connectivity index (χ4v) is 2.60. The van der Waals surface area contributed by atoms with Gasteiger partial charge in [-0.3, -0.25) is 10.1 Å². The molecule has 2 aromatic carbocycles. The number of nitrogens with one attached hydrogen (secondary N) is 1. The van der Waals surface area contributed by atoms with E-state index < -0.39 is 17.2 Å². The minimum atomic E-state index is -0.601. The number of anilines is 1. The number of carbonyl (C=O) groups excluding carboxylic acids is 1. The lowest BCUT2D eigenvalue weighted by atomic mass is 10.2. The molecule has 1 amide bonds. The van der Waals surface area contributed by atoms with Gasteiger partial charge in [0.2, 0.25) is 5.13 Å². The Bertz CT molecular complexity index is 841. The van der Waals surface area contributed by atoms with Gasteiger partial charge in [0.25, 0.3) is 5.91 Å². The van der Waals surface area contributed by atoms with E-state index in [1.54, 1.807) is 24.3 Å². The molecule has 7 nitrogen and oxygen atoms in total. The van der Waals surface area contributed by atoms with Crippen LogP contribution < -0.4 is 5.32 Å². The van der Waals surface area contributed by atoms with Crippen molar-refractivity contribution in [1.29, 1.82) is 0 Å². The highest BCUT2D eigenvalue weighted by Gasteiger charge is 2.14. The van der Waals surface area contributed by atoms with Crippen molar-refractivity contribution in [2.24, 2.45) is 0 Å². The summed E-state index contributed by atoms with van der Waals surface area (Å²) in [5.74, 6) is -1.85. The fraction of sp³-hybridized carbons (Fsp3) is 0. The number of phenolic OH excluding ortho intramolecular Hbond substituents is 3. The van der Waals surface area contributed by atoms with E-state index in [-0.39, 0.29) is 11.0 Å². The van der Waals surface area contributed by atoms with E-state index in [0.29, 0.717) is 16.1 Å². The second-order valence-corrected chi connectivity index (χ2v) is 5.57. The Morgan fingerprint density at radius 3 is 2.30 bits per heavy atom. The van der Waals surface area contributed by atoms with Crippen LogP contribution in [0.3, 0.4) is 0 Å². The number of amides is 1. The van der Waals surface area contributed by atoms with Crippen LogP contribution in [0.1, 0.15) is 10.4 Å². The van der Waals surface area contributed by atoms with Crippen molar-refractivity contribution in [1.82, 2.24) is 10.2 Å². The molecule has 116 valence electrons. The van der Waals surface area contributed by atoms with Gasteiger partial charge in [-0.2, -0.15) is 0 Å². The maximum atomic E-state index is 12.0. The second kappa shape index (κ2) is 5.93. The molecule has 0 radical (unpaired) electrons. The molecule has 0 saturated carbocycles. The van der Waals surface area contributed by atoms with Crippen molar-refractivity contribution in [3.8, 4) is 27.8 Å². The van der Waals surface area contributed by atoms with Gasteiger partial charge in [-0.1, -0.05) is 29.5 Å². The Kier molecular flexibility index (Phi) is 3.82. The predicted octanol–water partition coefficient (Wildman–Crippen LogP) is 2.57. The molecule has 0 aliphatic carbocycles. The monoisotopic (exact) mass is 329 g/mol. The maximum absolute atomic E-state index is 12.0. The van der Waals surface area contributed by atoms with Gasteiger partial charge in [0.1, 0.15) is 5.01 Å². The average molecular weight is 329 g/mol. The zero-order valence-electron chi connectivity index (χ0n) is 11.6. The SMILES string of the molecule is O=C(Nc1nnc(-c2cc(O)c(O)c(O)c2)s1)c1ccccc1. The van der Waals surface area contributed by atoms with Crippen LogP contribution >= 0.6 is 11.3 Å². The van der Waals surface area contributed by atoms with Crippen molar-refractivity contribution in [2.75, 3.05) is 5.32 Å². The van der Waals surface area contributed by atoms with E-state index in [0.717, 1.165) is 11.3 Å². The standard InChI is InChI=1S/C15H11N3O4S/c19-10-6-9(7-11(20)12(10)21)14-17-18-15(23-14)16-13(22)8-4-2-1-3-5-8/h1-7,19-21H,(H,16,18,22). The topological polar surface area (TPSA) is 116 Å². The molecule has 0 unspecified atom stereocenters. The van der Waals surface area contributed by atoms with Crippen LogP contribution in [0.25, 0.3) is 10.6 Å². The summed E-state index contributed by atoms with van der Waals surface area (Å²) in [4.78, 5) is 12.0. The number of benzene rings is 2. The zero-order chi connectivity index (χ0) is 16.4. The Morgan fingerprint density at radius 2 is 1.65 bits per heavy atom. The molecular weight excluding hydrogens is 318 g/mol. The molecule has 0 saturated heterocycles. The van der Waals surface area contributed by atoms with E-state index in [1.165, 1.54) is 12.1 Å². The first-order valence-corrected chi connectivity index (χ1v) is 7.31. The summed E-state index contributed by atoms with van der Waals surface area (Å²) >= 11 is 1.07. The van der Waals surface area contributed by atoms with E-state index in [2.05, 4.69) is 15.5 Å². The van der Waals surface area contributed by atoms with Crippen molar-refractivity contribution < 1.29 is 20.1 Å². The summed E-state index contributed by atoms with van der Waals surface area (Å²) in [6, 6.07) is 11.2. The normalized spacial score (nSPS) is 10.4. The molecule has 0 aliphatic heterocycles. The summed E-state index contributed by atoms with van der Waals surface area (Å²) in [6.45, 7) is 0. The lowest BCUT2D eigenvalue weighted by Crippen LogP contribution is -2.11. The third kappa shape index (κ3) is 3.06. The highest BCUT2D eigenvalue weighted by atomic mass is 32.1. The Morgan fingerprint density at radius 1 is 1.00 bits per heavy atom. The summed E-state index contributed by atoms with van der Waals surface area (Å²) in [6.07, 6.45) is 0. The molecule has 23 heavy (non-hydrogen) atoms. The highest BCUT2D eigenvalue weighted by Crippen LogP contribution is 2.39. The van der Waals surface area contributed by atoms with Gasteiger partial charge < -0.3 is 15.3 Å². The molecule has 1 heterocycles. The number of nitrogens with zero attached hydrogens (tertiary/aromatic N) is 2. The van der Waals surface area contributed by atoms with Crippen LogP contribution in [0.4, 0.5) is 5.13 Å². The predicted molar refractivity (Wildman–Crippen MR) is 84.7 cm³/mol. The summed E-state index contributed by atoms with van der Waals surface area (Å²) < 4.78 is 0. The third-order valence-electron chi connectivity index (χ3n) is 3.00. The van der Waals surface area contributed by atoms with Crippen molar-refractivity contribution in [2.45, 2.75) is 0 Å². The second-order valence-electron chi connectivity index (χ2n) is 4.60. The number of phenols is 3. The fourth-order valence-electron chi connectivity index (χ4n) is 1.88. The van der Waals surface area contributed by atoms with Crippen molar-refractivity contribution in [3.05, 3.63) is 48.0 Å². The molecular formula is C15H11N3O4S. The molecule has 3 rings (SSSR count). The molecule has 0 spiro atoms. The molecule has 3 aromatic rings. The smallest absolute Gasteiger partial charge is 0.257 e. The van der Waals surface area contributed by atoms with Crippen LogP contribution in [-0.4, -0.2) is 31.4 Å². The quantitative estimate of drug-likeness (QED) is 0.549. The third-order valence-corrected chi connectivity index (χ3v) is 3.89. The minimum Gasteiger partial charge on any atom is -0.504 e. The molecule has 0 aliphatic rings. The Hall–Kier alpha value is -3.13. The van der Waals surface area contributed by atoms with Gasteiger partial charge in [-0.25, -0.2) is 0 Å². The number of hydrogen-bond acceptors (Lipinski definition) is 7. The van der Waals surface area contributed by atoms with Crippen LogP contribution in [0.15, 0.2) is 42.5 Å². The van der Waals surface area contributed by atoms with Crippen molar-refractivity contribution in [3.63, 3.8) is 0 Å². The van der Waals surface area contributed by atoms with Gasteiger partial charge in [0, 0.05) is 11.1 Å². The van der Waals surface area contributed by atoms with Gasteiger partial charge >= 0.3 is 0 Å². The van der Waals surface area contributed by atoms with Gasteiger partial charge in [-0.05, 0) is 24.3 Å². The molecule has 1 aromatic heterocycles. The minimum absolute atomic E-state index is 0.279. The first-order valence-electron chi connectivity index (χ1n) is 6.50. The van der Waals surface area contributed by atoms with Crippen LogP contribution in [0, 0.1) is 0 Å². The number of rotatable bonds is 3. The van der Waals surface area contributed by atoms with Gasteiger partial charge in [0.05, 0.1) is 0 Å². The van der Waals surface area contributed by atoms with Gasteiger partial charge in [-0.15, -0.1) is 10.2 Å². The van der Waals surface area contributed by atoms with Crippen LogP contribution in [0.2, 0.25) is 0 Å². The molecule has 0 atom stereocenters. The molecule has 0 fully saturated rings. The number of aromatic nitrogens is 2. The number of hydrogen-bond donors (Lipinski definition) is 4. The largest absolute Gasteiger partial charge is 0.504 e. The first kappa shape index (κ1) is 14.8. The van der Waals surface area contributed by atoms with E-state index in [1.807, 2.05) is 6.07 Å². The lowest BCUT2D eigenvalue weighted by Gasteiger charge is -2.02. The highest BCUT2D eigenvalue weighted by molar-refractivity contribution is 7.18. The molecule has 4 N–H and O–H groups in total. The number of carbonyl (C=O) groups is 1. The summed E-state index contributed by atoms with van der Waals surface area (Å²) in [5.41, 5.74) is 0.861. The Labute approximate surface area is 134 Å². The molecule has 8 heteroatoms. The summed E-state index contributed by atoms with van der Waals surface area (Å²) in [5, 5.41) is 39.4. The van der Waals surface area contributed by atoms with Crippen molar-refractivity contribution >= 4 is 22.4 Å². The van der Waals surface area contributed by atoms with E-state index in [4.69, 9.17) is 0 Å². The van der Waals surface area contributed by atoms with E-state index in [9.17, 15) is 20.1 Å². The number of aromatic hydroxyl groups is 3. The average Bonchev–Trinajstić information content (AvgIpc) is 3.01. The molecule has 0 bridgehead atoms. The lowest BCUT2D eigenvalue weighted by molar-refractivity contribution is 0.102.